The highest BCUT2D eigenvalue weighted by molar-refractivity contribution is 9.09. The Balaban J connectivity index is 2.96. The summed E-state index contributed by atoms with van der Waals surface area (Å²) in [4.78, 5) is 14.0. The van der Waals surface area contributed by atoms with E-state index in [1.807, 2.05) is 6.92 Å². The normalized spacial score (nSPS) is 10.4. The summed E-state index contributed by atoms with van der Waals surface area (Å²) in [7, 11) is 0. The van der Waals surface area contributed by atoms with Gasteiger partial charge in [0.15, 0.2) is 0 Å². The Kier molecular flexibility index (Phi) is 6.31. The number of carbonyl (C=O) groups is 1. The van der Waals surface area contributed by atoms with Gasteiger partial charge < -0.3 is 4.90 Å². The van der Waals surface area contributed by atoms with Gasteiger partial charge in [-0.05, 0) is 18.6 Å². The summed E-state index contributed by atoms with van der Waals surface area (Å²) in [6, 6.07) is 5.11. The van der Waals surface area contributed by atoms with E-state index in [0.717, 1.165) is 11.8 Å². The van der Waals surface area contributed by atoms with Crippen LogP contribution in [-0.2, 0) is 0 Å². The van der Waals surface area contributed by atoms with Crippen LogP contribution < -0.4 is 0 Å². The molecule has 0 aliphatic carbocycles. The largest absolute Gasteiger partial charge is 0.338 e. The van der Waals surface area contributed by atoms with E-state index in [1.165, 1.54) is 0 Å². The second-order valence-electron chi connectivity index (χ2n) is 3.58. The van der Waals surface area contributed by atoms with Crippen LogP contribution in [0.1, 0.15) is 23.7 Å². The van der Waals surface area contributed by atoms with Crippen LogP contribution in [0.15, 0.2) is 18.2 Å². The first-order valence-electron chi connectivity index (χ1n) is 5.41. The molecule has 0 heterocycles. The smallest absolute Gasteiger partial charge is 0.255 e. The number of halogens is 3. The molecule has 1 rings (SSSR count). The maximum atomic E-state index is 12.3. The number of amides is 1. The van der Waals surface area contributed by atoms with Crippen LogP contribution in [0.5, 0.6) is 0 Å². The minimum absolute atomic E-state index is 0.0706. The molecule has 5 heteroatoms. The zero-order valence-electron chi connectivity index (χ0n) is 9.55. The Morgan fingerprint density at radius 3 is 2.65 bits per heavy atom. The Morgan fingerprint density at radius 2 is 2.06 bits per heavy atom. The van der Waals surface area contributed by atoms with Crippen molar-refractivity contribution in [2.45, 2.75) is 13.3 Å². The molecule has 0 aliphatic heterocycles. The molecule has 0 aliphatic rings. The number of hydrogen-bond donors (Lipinski definition) is 0. The van der Waals surface area contributed by atoms with Crippen LogP contribution in [-0.4, -0.2) is 29.2 Å². The first-order chi connectivity index (χ1) is 8.11. The number of hydrogen-bond acceptors (Lipinski definition) is 1. The first kappa shape index (κ1) is 14.8. The van der Waals surface area contributed by atoms with E-state index in [-0.39, 0.29) is 5.91 Å². The van der Waals surface area contributed by atoms with Gasteiger partial charge in [-0.1, -0.05) is 52.1 Å². The molecule has 0 radical (unpaired) electrons. The summed E-state index contributed by atoms with van der Waals surface area (Å²) in [6.45, 7) is 3.41. The lowest BCUT2D eigenvalue weighted by Crippen LogP contribution is -2.33. The van der Waals surface area contributed by atoms with Gasteiger partial charge in [0.25, 0.3) is 5.91 Å². The molecular formula is C12H14BrCl2NO. The molecule has 1 amide bonds. The highest BCUT2D eigenvalue weighted by Gasteiger charge is 2.18. The average Bonchev–Trinajstić information content (AvgIpc) is 2.31. The molecule has 0 unspecified atom stereocenters. The molecule has 1 aromatic carbocycles. The van der Waals surface area contributed by atoms with E-state index in [1.54, 1.807) is 23.1 Å². The van der Waals surface area contributed by atoms with Crippen molar-refractivity contribution < 1.29 is 4.79 Å². The highest BCUT2D eigenvalue weighted by Crippen LogP contribution is 2.26. The number of alkyl halides is 1. The van der Waals surface area contributed by atoms with E-state index in [9.17, 15) is 4.79 Å². The van der Waals surface area contributed by atoms with Crippen LogP contribution >= 0.6 is 39.1 Å². The standard InChI is InChI=1S/C12H14BrCl2NO/c1-2-7-16(8-6-13)12(17)9-4-3-5-10(14)11(9)15/h3-5H,2,6-8H2,1H3. The molecule has 0 bridgehead atoms. The minimum Gasteiger partial charge on any atom is -0.338 e. The Bertz CT molecular complexity index is 392. The lowest BCUT2D eigenvalue weighted by molar-refractivity contribution is 0.0766. The molecule has 0 fully saturated rings. The number of nitrogens with zero attached hydrogens (tertiary/aromatic N) is 1. The lowest BCUT2D eigenvalue weighted by Gasteiger charge is -2.21. The summed E-state index contributed by atoms with van der Waals surface area (Å²) in [5.74, 6) is -0.0706. The Morgan fingerprint density at radius 1 is 1.35 bits per heavy atom. The minimum atomic E-state index is -0.0706. The zero-order valence-corrected chi connectivity index (χ0v) is 12.6. The van der Waals surface area contributed by atoms with Gasteiger partial charge in [0.05, 0.1) is 15.6 Å². The van der Waals surface area contributed by atoms with Gasteiger partial charge in [-0.2, -0.15) is 0 Å². The van der Waals surface area contributed by atoms with Crippen molar-refractivity contribution >= 4 is 45.0 Å². The SMILES string of the molecule is CCCN(CCBr)C(=O)c1cccc(Cl)c1Cl. The topological polar surface area (TPSA) is 20.3 Å². The third-order valence-electron chi connectivity index (χ3n) is 2.32. The molecule has 0 aromatic heterocycles. The number of carbonyl (C=O) groups excluding carboxylic acids is 1. The fourth-order valence-electron chi connectivity index (χ4n) is 1.53. The molecule has 94 valence electrons. The fraction of sp³-hybridized carbons (Fsp3) is 0.417. The quantitative estimate of drug-likeness (QED) is 0.735. The summed E-state index contributed by atoms with van der Waals surface area (Å²) < 4.78 is 0. The number of benzene rings is 1. The first-order valence-corrected chi connectivity index (χ1v) is 7.28. The van der Waals surface area contributed by atoms with Crippen LogP contribution in [0.25, 0.3) is 0 Å². The van der Waals surface area contributed by atoms with Gasteiger partial charge in [-0.25, -0.2) is 0 Å². The summed E-state index contributed by atoms with van der Waals surface area (Å²) in [5, 5.41) is 1.49. The van der Waals surface area contributed by atoms with E-state index in [2.05, 4.69) is 15.9 Å². The zero-order chi connectivity index (χ0) is 12.8. The summed E-state index contributed by atoms with van der Waals surface area (Å²) in [6.07, 6.45) is 0.914. The van der Waals surface area contributed by atoms with E-state index in [4.69, 9.17) is 23.2 Å². The van der Waals surface area contributed by atoms with Crippen molar-refractivity contribution in [3.63, 3.8) is 0 Å². The summed E-state index contributed by atoms with van der Waals surface area (Å²) >= 11 is 15.3. The Hall–Kier alpha value is -0.250. The van der Waals surface area contributed by atoms with Crippen molar-refractivity contribution in [1.29, 1.82) is 0 Å². The predicted molar refractivity (Wildman–Crippen MR) is 76.5 cm³/mol. The maximum Gasteiger partial charge on any atom is 0.255 e. The molecule has 0 N–H and O–H groups in total. The second kappa shape index (κ2) is 7.24. The lowest BCUT2D eigenvalue weighted by atomic mass is 10.2. The van der Waals surface area contributed by atoms with E-state index >= 15 is 0 Å². The maximum absolute atomic E-state index is 12.3. The summed E-state index contributed by atoms with van der Waals surface area (Å²) in [5.41, 5.74) is 0.466. The molecule has 1 aromatic rings. The average molecular weight is 339 g/mol. The van der Waals surface area contributed by atoms with Gasteiger partial charge in [0.2, 0.25) is 0 Å². The van der Waals surface area contributed by atoms with Crippen molar-refractivity contribution in [3.05, 3.63) is 33.8 Å². The Labute approximate surface area is 120 Å². The molecule has 2 nitrogen and oxygen atoms in total. The van der Waals surface area contributed by atoms with Crippen molar-refractivity contribution in [2.24, 2.45) is 0 Å². The van der Waals surface area contributed by atoms with Gasteiger partial charge in [0.1, 0.15) is 0 Å². The van der Waals surface area contributed by atoms with E-state index < -0.39 is 0 Å². The molecule has 0 spiro atoms. The highest BCUT2D eigenvalue weighted by atomic mass is 79.9. The molecule has 0 saturated heterocycles. The van der Waals surface area contributed by atoms with Crippen molar-refractivity contribution in [1.82, 2.24) is 4.90 Å². The molecular weight excluding hydrogens is 325 g/mol. The van der Waals surface area contributed by atoms with E-state index in [0.29, 0.717) is 28.7 Å². The molecule has 0 saturated carbocycles. The van der Waals surface area contributed by atoms with Crippen LogP contribution in [0.3, 0.4) is 0 Å². The molecule has 17 heavy (non-hydrogen) atoms. The van der Waals surface area contributed by atoms with Gasteiger partial charge in [-0.3, -0.25) is 4.79 Å². The van der Waals surface area contributed by atoms with Crippen LogP contribution in [0.2, 0.25) is 10.0 Å². The van der Waals surface area contributed by atoms with Gasteiger partial charge in [0, 0.05) is 18.4 Å². The third kappa shape index (κ3) is 3.87. The third-order valence-corrected chi connectivity index (χ3v) is 3.49. The number of rotatable bonds is 5. The monoisotopic (exact) mass is 337 g/mol. The predicted octanol–water partition coefficient (Wildman–Crippen LogP) is 4.24. The van der Waals surface area contributed by atoms with Crippen LogP contribution in [0.4, 0.5) is 0 Å². The second-order valence-corrected chi connectivity index (χ2v) is 5.16. The van der Waals surface area contributed by atoms with Crippen molar-refractivity contribution in [2.75, 3.05) is 18.4 Å². The van der Waals surface area contributed by atoms with Gasteiger partial charge in [-0.15, -0.1) is 0 Å². The van der Waals surface area contributed by atoms with Crippen LogP contribution in [0, 0.1) is 0 Å². The fourth-order valence-corrected chi connectivity index (χ4v) is 2.34. The van der Waals surface area contributed by atoms with Crippen molar-refractivity contribution in [3.8, 4) is 0 Å². The molecule has 0 atom stereocenters. The van der Waals surface area contributed by atoms with Gasteiger partial charge >= 0.3 is 0 Å².